The van der Waals surface area contributed by atoms with Crippen LogP contribution in [0.15, 0.2) is 0 Å². The summed E-state index contributed by atoms with van der Waals surface area (Å²) in [5.74, 6) is -1.73. The van der Waals surface area contributed by atoms with Crippen LogP contribution in [0, 0.1) is 5.92 Å². The van der Waals surface area contributed by atoms with E-state index in [0.717, 1.165) is 19.3 Å². The minimum absolute atomic E-state index is 0.103. The van der Waals surface area contributed by atoms with Crippen molar-refractivity contribution in [2.75, 3.05) is 12.3 Å². The molecule has 0 rings (SSSR count). The number of rotatable bonds is 8. The zero-order chi connectivity index (χ0) is 11.9. The van der Waals surface area contributed by atoms with Crippen LogP contribution in [0.5, 0.6) is 0 Å². The van der Waals surface area contributed by atoms with Gasteiger partial charge in [-0.05, 0) is 6.42 Å². The van der Waals surface area contributed by atoms with Crippen molar-refractivity contribution < 1.29 is 19.4 Å². The molecule has 0 aromatic carbocycles. The first-order chi connectivity index (χ1) is 6.89. The molecule has 0 saturated carbocycles. The van der Waals surface area contributed by atoms with Crippen LogP contribution in [0.3, 0.4) is 0 Å². The normalized spacial score (nSPS) is 17.0. The van der Waals surface area contributed by atoms with Crippen LogP contribution in [0.1, 0.15) is 39.5 Å². The summed E-state index contributed by atoms with van der Waals surface area (Å²) in [6.45, 7) is 3.54. The van der Waals surface area contributed by atoms with Gasteiger partial charge in [-0.25, -0.2) is 0 Å². The Bertz CT molecular complexity index is 240. The molecule has 15 heavy (non-hydrogen) atoms. The molecule has 0 aliphatic carbocycles. The Kier molecular flexibility index (Phi) is 6.86. The number of carboxylic acids is 1. The maximum Gasteiger partial charge on any atom is 0.306 e. The largest absolute Gasteiger partial charge is 0.481 e. The summed E-state index contributed by atoms with van der Waals surface area (Å²) in [5, 5.41) is 8.62. The van der Waals surface area contributed by atoms with Gasteiger partial charge in [0.2, 0.25) is 7.37 Å². The summed E-state index contributed by atoms with van der Waals surface area (Å²) < 4.78 is 11.6. The smallest absolute Gasteiger partial charge is 0.306 e. The Hall–Kier alpha value is -0.340. The summed E-state index contributed by atoms with van der Waals surface area (Å²) >= 11 is 0. The number of carboxylic acid groups (broad SMARTS) is 1. The van der Waals surface area contributed by atoms with Crippen molar-refractivity contribution in [1.82, 2.24) is 0 Å². The van der Waals surface area contributed by atoms with Gasteiger partial charge in [0.15, 0.2) is 0 Å². The molecule has 0 aliphatic heterocycles. The Morgan fingerprint density at radius 3 is 2.40 bits per heavy atom. The van der Waals surface area contributed by atoms with Gasteiger partial charge < -0.3 is 10.00 Å². The lowest BCUT2D eigenvalue weighted by Crippen LogP contribution is -2.15. The maximum absolute atomic E-state index is 11.6. The number of aliphatic carboxylic acids is 1. The fourth-order valence-corrected chi connectivity index (χ4v) is 3.30. The van der Waals surface area contributed by atoms with E-state index in [-0.39, 0.29) is 12.3 Å². The molecule has 4 nitrogen and oxygen atoms in total. The molecule has 0 bridgehead atoms. The highest BCUT2D eigenvalue weighted by Gasteiger charge is 2.24. The molecule has 0 amide bonds. The molecule has 0 spiro atoms. The van der Waals surface area contributed by atoms with Gasteiger partial charge >= 0.3 is 5.97 Å². The maximum atomic E-state index is 11.6. The van der Waals surface area contributed by atoms with Crippen molar-refractivity contribution in [1.29, 1.82) is 0 Å². The summed E-state index contributed by atoms with van der Waals surface area (Å²) in [5.41, 5.74) is 0. The Balaban J connectivity index is 3.86. The van der Waals surface area contributed by atoms with E-state index in [9.17, 15) is 14.3 Å². The van der Waals surface area contributed by atoms with Crippen molar-refractivity contribution in [3.8, 4) is 0 Å². The molecular weight excluding hydrogens is 215 g/mol. The summed E-state index contributed by atoms with van der Waals surface area (Å²) in [4.78, 5) is 20.0. The molecule has 2 atom stereocenters. The van der Waals surface area contributed by atoms with E-state index >= 15 is 0 Å². The monoisotopic (exact) mass is 236 g/mol. The van der Waals surface area contributed by atoms with Gasteiger partial charge in [-0.2, -0.15) is 0 Å². The lowest BCUT2D eigenvalue weighted by atomic mass is 10.2. The molecule has 0 saturated heterocycles. The first-order valence-corrected chi connectivity index (χ1v) is 7.45. The van der Waals surface area contributed by atoms with E-state index in [4.69, 9.17) is 5.11 Å². The Morgan fingerprint density at radius 1 is 1.33 bits per heavy atom. The predicted molar refractivity (Wildman–Crippen MR) is 60.5 cm³/mol. The lowest BCUT2D eigenvalue weighted by Gasteiger charge is -2.13. The molecule has 0 heterocycles. The van der Waals surface area contributed by atoms with Crippen molar-refractivity contribution in [2.45, 2.75) is 39.5 Å². The van der Waals surface area contributed by atoms with Crippen LogP contribution >= 0.6 is 7.37 Å². The molecule has 2 unspecified atom stereocenters. The van der Waals surface area contributed by atoms with Crippen LogP contribution in [0.4, 0.5) is 0 Å². The summed E-state index contributed by atoms with van der Waals surface area (Å²) in [6, 6.07) is 0. The second-order valence-electron chi connectivity index (χ2n) is 4.05. The third-order valence-corrected chi connectivity index (χ3v) is 4.48. The number of carbonyl (C=O) groups is 1. The van der Waals surface area contributed by atoms with E-state index in [1.165, 1.54) is 6.92 Å². The minimum Gasteiger partial charge on any atom is -0.481 e. The van der Waals surface area contributed by atoms with Gasteiger partial charge in [-0.1, -0.05) is 33.1 Å². The van der Waals surface area contributed by atoms with Crippen molar-refractivity contribution in [3.05, 3.63) is 0 Å². The number of unbranched alkanes of at least 4 members (excludes halogenated alkanes) is 3. The SMILES string of the molecule is CCCCCCP(=O)(O)CC(C)C(=O)O. The topological polar surface area (TPSA) is 74.6 Å². The molecule has 90 valence electrons. The first kappa shape index (κ1) is 14.7. The highest BCUT2D eigenvalue weighted by atomic mass is 31.2. The standard InChI is InChI=1S/C10H21O4P/c1-3-4-5-6-7-15(13,14)8-9(2)10(11)12/h9H,3-8H2,1-2H3,(H,11,12)(H,13,14). The molecule has 0 aromatic rings. The zero-order valence-electron chi connectivity index (χ0n) is 9.48. The number of hydrogen-bond donors (Lipinski definition) is 2. The predicted octanol–water partition coefficient (Wildman–Crippen LogP) is 2.56. The highest BCUT2D eigenvalue weighted by Crippen LogP contribution is 2.43. The van der Waals surface area contributed by atoms with Crippen LogP contribution in [-0.4, -0.2) is 28.3 Å². The number of hydrogen-bond acceptors (Lipinski definition) is 2. The zero-order valence-corrected chi connectivity index (χ0v) is 10.4. The third kappa shape index (κ3) is 7.57. The van der Waals surface area contributed by atoms with Crippen molar-refractivity contribution >= 4 is 13.3 Å². The first-order valence-electron chi connectivity index (χ1n) is 5.42. The van der Waals surface area contributed by atoms with Crippen LogP contribution in [-0.2, 0) is 9.36 Å². The second-order valence-corrected chi connectivity index (χ2v) is 6.56. The molecule has 0 aromatic heterocycles. The van der Waals surface area contributed by atoms with Crippen molar-refractivity contribution in [3.63, 3.8) is 0 Å². The van der Waals surface area contributed by atoms with Crippen LogP contribution in [0.25, 0.3) is 0 Å². The van der Waals surface area contributed by atoms with Crippen molar-refractivity contribution in [2.24, 2.45) is 5.92 Å². The average molecular weight is 236 g/mol. The fraction of sp³-hybridized carbons (Fsp3) is 0.900. The van der Waals surface area contributed by atoms with E-state index in [2.05, 4.69) is 6.92 Å². The van der Waals surface area contributed by atoms with E-state index in [1.54, 1.807) is 0 Å². The Morgan fingerprint density at radius 2 is 1.93 bits per heavy atom. The quantitative estimate of drug-likeness (QED) is 0.501. The van der Waals surface area contributed by atoms with Crippen LogP contribution in [0.2, 0.25) is 0 Å². The molecule has 0 fully saturated rings. The third-order valence-electron chi connectivity index (χ3n) is 2.34. The van der Waals surface area contributed by atoms with E-state index < -0.39 is 19.3 Å². The second kappa shape index (κ2) is 7.02. The lowest BCUT2D eigenvalue weighted by molar-refractivity contribution is -0.140. The van der Waals surface area contributed by atoms with E-state index in [0.29, 0.717) is 6.42 Å². The summed E-state index contributed by atoms with van der Waals surface area (Å²) in [7, 11) is -3.22. The van der Waals surface area contributed by atoms with Gasteiger partial charge in [0.1, 0.15) is 0 Å². The van der Waals surface area contributed by atoms with E-state index in [1.807, 2.05) is 0 Å². The van der Waals surface area contributed by atoms with Gasteiger partial charge in [0.25, 0.3) is 0 Å². The Labute approximate surface area is 91.1 Å². The fourth-order valence-electron chi connectivity index (χ4n) is 1.38. The van der Waals surface area contributed by atoms with Gasteiger partial charge in [-0.15, -0.1) is 0 Å². The van der Waals surface area contributed by atoms with Crippen LogP contribution < -0.4 is 0 Å². The minimum atomic E-state index is -3.22. The highest BCUT2D eigenvalue weighted by molar-refractivity contribution is 7.58. The molecule has 0 aliphatic rings. The molecular formula is C10H21O4P. The molecule has 5 heteroatoms. The summed E-state index contributed by atoms with van der Waals surface area (Å²) in [6.07, 6.45) is 3.96. The van der Waals surface area contributed by atoms with Gasteiger partial charge in [0.05, 0.1) is 5.92 Å². The van der Waals surface area contributed by atoms with Gasteiger partial charge in [-0.3, -0.25) is 9.36 Å². The molecule has 2 N–H and O–H groups in total. The van der Waals surface area contributed by atoms with Gasteiger partial charge in [0, 0.05) is 12.3 Å². The average Bonchev–Trinajstić information content (AvgIpc) is 2.11. The molecule has 0 radical (unpaired) electrons.